The zero-order valence-corrected chi connectivity index (χ0v) is 18.8. The third kappa shape index (κ3) is 13.7. The van der Waals surface area contributed by atoms with Crippen LogP contribution < -0.4 is 0 Å². The Morgan fingerprint density at radius 1 is 0.333 bits per heavy atom. The highest BCUT2D eigenvalue weighted by Gasteiger charge is 2.34. The Balaban J connectivity index is 4.07. The van der Waals surface area contributed by atoms with E-state index in [0.717, 1.165) is 0 Å². The van der Waals surface area contributed by atoms with E-state index in [1.54, 1.807) is 31.1 Å². The summed E-state index contributed by atoms with van der Waals surface area (Å²) in [6.07, 6.45) is 28.5. The summed E-state index contributed by atoms with van der Waals surface area (Å²) >= 11 is 0. The summed E-state index contributed by atoms with van der Waals surface area (Å²) in [6, 6.07) is 0. The van der Waals surface area contributed by atoms with E-state index in [0.29, 0.717) is 0 Å². The molecule has 0 aliphatic carbocycles. The van der Waals surface area contributed by atoms with Crippen LogP contribution in [0.25, 0.3) is 0 Å². The molecule has 0 N–H and O–H groups in total. The van der Waals surface area contributed by atoms with Crippen LogP contribution in [0.1, 0.15) is 124 Å². The zero-order valence-electron chi connectivity index (χ0n) is 17.9. The predicted molar refractivity (Wildman–Crippen MR) is 118 cm³/mol. The van der Waals surface area contributed by atoms with Crippen LogP contribution in [-0.4, -0.2) is 24.6 Å². The van der Waals surface area contributed by atoms with Gasteiger partial charge < -0.3 is 0 Å². The molecule has 0 rings (SSSR count). The van der Waals surface area contributed by atoms with Crippen molar-refractivity contribution >= 4 is 7.26 Å². The molecule has 0 spiro atoms. The van der Waals surface area contributed by atoms with Crippen molar-refractivity contribution in [2.24, 2.45) is 0 Å². The molecular formula is C23H50P+. The predicted octanol–water partition coefficient (Wildman–Crippen LogP) is 8.94. The van der Waals surface area contributed by atoms with E-state index in [2.05, 4.69) is 27.7 Å². The van der Waals surface area contributed by atoms with Crippen LogP contribution in [0.4, 0.5) is 0 Å². The standard InChI is InChI=1S/C23H50P/c1-5-9-13-14-15-16-17-18-19-23-24(20-10-6-2,21-11-7-3)22-12-8-4/h5-23H2,1-4H3/q+1. The van der Waals surface area contributed by atoms with E-state index in [1.165, 1.54) is 89.9 Å². The quantitative estimate of drug-likeness (QED) is 0.160. The SMILES string of the molecule is CCCCCCCCCCC[P+](CCCC)(CCCC)CCCC. The molecule has 0 aliphatic heterocycles. The van der Waals surface area contributed by atoms with Crippen LogP contribution in [0.3, 0.4) is 0 Å². The summed E-state index contributed by atoms with van der Waals surface area (Å²) in [6.45, 7) is 9.46. The Labute approximate surface area is 156 Å². The first-order valence-electron chi connectivity index (χ1n) is 11.6. The highest BCUT2D eigenvalue weighted by Crippen LogP contribution is 2.61. The van der Waals surface area contributed by atoms with Gasteiger partial charge in [0.1, 0.15) is 0 Å². The van der Waals surface area contributed by atoms with Crippen molar-refractivity contribution in [1.29, 1.82) is 0 Å². The minimum absolute atomic E-state index is 0.616. The summed E-state index contributed by atoms with van der Waals surface area (Å²) < 4.78 is 0. The fourth-order valence-corrected chi connectivity index (χ4v) is 9.11. The number of hydrogen-bond acceptors (Lipinski definition) is 0. The lowest BCUT2D eigenvalue weighted by Crippen LogP contribution is -2.13. The number of unbranched alkanes of at least 4 members (excludes halogenated alkanes) is 11. The molecule has 0 aliphatic rings. The molecule has 0 bridgehead atoms. The lowest BCUT2D eigenvalue weighted by Gasteiger charge is -2.28. The van der Waals surface area contributed by atoms with Gasteiger partial charge in [0.25, 0.3) is 0 Å². The Bertz CT molecular complexity index is 214. The maximum atomic E-state index is 2.38. The first-order chi connectivity index (χ1) is 11.7. The van der Waals surface area contributed by atoms with Gasteiger partial charge in [0.05, 0.1) is 24.6 Å². The molecule has 0 aromatic heterocycles. The Morgan fingerprint density at radius 2 is 0.625 bits per heavy atom. The fourth-order valence-electron chi connectivity index (χ4n) is 3.91. The third-order valence-corrected chi connectivity index (χ3v) is 10.8. The zero-order chi connectivity index (χ0) is 17.9. The van der Waals surface area contributed by atoms with Crippen LogP contribution in [0.5, 0.6) is 0 Å². The van der Waals surface area contributed by atoms with E-state index < -0.39 is 7.26 Å². The normalized spacial score (nSPS) is 12.0. The Morgan fingerprint density at radius 3 is 1.00 bits per heavy atom. The lowest BCUT2D eigenvalue weighted by molar-refractivity contribution is 0.572. The van der Waals surface area contributed by atoms with Crippen LogP contribution in [0, 0.1) is 0 Å². The largest absolute Gasteiger partial charge is 0.0654 e. The second-order valence-corrected chi connectivity index (χ2v) is 12.6. The Hall–Kier alpha value is 0.430. The molecule has 0 radical (unpaired) electrons. The van der Waals surface area contributed by atoms with Crippen molar-refractivity contribution in [2.75, 3.05) is 24.6 Å². The van der Waals surface area contributed by atoms with Crippen molar-refractivity contribution in [3.63, 3.8) is 0 Å². The van der Waals surface area contributed by atoms with Crippen LogP contribution >= 0.6 is 7.26 Å². The van der Waals surface area contributed by atoms with E-state index in [9.17, 15) is 0 Å². The minimum Gasteiger partial charge on any atom is -0.0654 e. The molecule has 0 nitrogen and oxygen atoms in total. The third-order valence-electron chi connectivity index (χ3n) is 5.69. The van der Waals surface area contributed by atoms with Gasteiger partial charge in [0.15, 0.2) is 0 Å². The maximum Gasteiger partial charge on any atom is 0.0594 e. The highest BCUT2D eigenvalue weighted by molar-refractivity contribution is 7.75. The molecule has 0 fully saturated rings. The van der Waals surface area contributed by atoms with Gasteiger partial charge in [0, 0.05) is 7.26 Å². The first-order valence-corrected chi connectivity index (χ1v) is 14.1. The maximum absolute atomic E-state index is 2.38. The first kappa shape index (κ1) is 24.4. The number of rotatable bonds is 19. The fraction of sp³-hybridized carbons (Fsp3) is 1.00. The van der Waals surface area contributed by atoms with E-state index in [4.69, 9.17) is 0 Å². The molecular weight excluding hydrogens is 307 g/mol. The molecule has 0 saturated carbocycles. The summed E-state index contributed by atoms with van der Waals surface area (Å²) in [5.41, 5.74) is 0. The molecule has 0 aromatic rings. The monoisotopic (exact) mass is 357 g/mol. The average molecular weight is 358 g/mol. The van der Waals surface area contributed by atoms with Crippen molar-refractivity contribution in [1.82, 2.24) is 0 Å². The lowest BCUT2D eigenvalue weighted by atomic mass is 10.1. The number of hydrogen-bond donors (Lipinski definition) is 0. The second kappa shape index (κ2) is 18.2. The summed E-state index contributed by atoms with van der Waals surface area (Å²) in [5, 5.41) is 0. The molecule has 0 aromatic carbocycles. The second-order valence-electron chi connectivity index (χ2n) is 8.13. The summed E-state index contributed by atoms with van der Waals surface area (Å²) in [4.78, 5) is 0. The van der Waals surface area contributed by atoms with Gasteiger partial charge in [-0.25, -0.2) is 0 Å². The van der Waals surface area contributed by atoms with E-state index in [-0.39, 0.29) is 0 Å². The molecule has 0 amide bonds. The minimum atomic E-state index is -0.616. The molecule has 0 atom stereocenters. The van der Waals surface area contributed by atoms with Gasteiger partial charge in [-0.2, -0.15) is 0 Å². The van der Waals surface area contributed by atoms with Crippen LogP contribution in [-0.2, 0) is 0 Å². The van der Waals surface area contributed by atoms with Crippen molar-refractivity contribution in [3.8, 4) is 0 Å². The van der Waals surface area contributed by atoms with E-state index in [1.807, 2.05) is 0 Å². The van der Waals surface area contributed by atoms with Crippen molar-refractivity contribution in [2.45, 2.75) is 124 Å². The van der Waals surface area contributed by atoms with Gasteiger partial charge in [-0.15, -0.1) is 0 Å². The van der Waals surface area contributed by atoms with Gasteiger partial charge in [-0.05, 0) is 32.1 Å². The molecule has 1 heteroatoms. The van der Waals surface area contributed by atoms with Gasteiger partial charge in [-0.3, -0.25) is 0 Å². The smallest absolute Gasteiger partial charge is 0.0594 e. The topological polar surface area (TPSA) is 0 Å². The van der Waals surface area contributed by atoms with Crippen molar-refractivity contribution in [3.05, 3.63) is 0 Å². The summed E-state index contributed by atoms with van der Waals surface area (Å²) in [5.74, 6) is 0. The molecule has 0 saturated heterocycles. The highest BCUT2D eigenvalue weighted by atomic mass is 31.2. The van der Waals surface area contributed by atoms with Crippen molar-refractivity contribution < 1.29 is 0 Å². The molecule has 0 heterocycles. The van der Waals surface area contributed by atoms with Gasteiger partial charge in [-0.1, -0.05) is 91.9 Å². The Kier molecular flexibility index (Phi) is 18.6. The summed E-state index contributed by atoms with van der Waals surface area (Å²) in [7, 11) is -0.616. The van der Waals surface area contributed by atoms with Crippen LogP contribution in [0.15, 0.2) is 0 Å². The molecule has 24 heavy (non-hydrogen) atoms. The van der Waals surface area contributed by atoms with Crippen LogP contribution in [0.2, 0.25) is 0 Å². The van der Waals surface area contributed by atoms with Gasteiger partial charge >= 0.3 is 0 Å². The average Bonchev–Trinajstić information content (AvgIpc) is 2.61. The molecule has 146 valence electrons. The van der Waals surface area contributed by atoms with E-state index >= 15 is 0 Å². The molecule has 0 unspecified atom stereocenters. The van der Waals surface area contributed by atoms with Gasteiger partial charge in [0.2, 0.25) is 0 Å².